The highest BCUT2D eigenvalue weighted by Crippen LogP contribution is 2.26. The van der Waals surface area contributed by atoms with Crippen molar-refractivity contribution in [2.24, 2.45) is 0 Å². The van der Waals surface area contributed by atoms with E-state index in [1.165, 1.54) is 6.33 Å². The van der Waals surface area contributed by atoms with Crippen molar-refractivity contribution in [2.75, 3.05) is 16.7 Å². The van der Waals surface area contributed by atoms with Gasteiger partial charge in [0.05, 0.1) is 17.3 Å². The lowest BCUT2D eigenvalue weighted by Crippen LogP contribution is -2.09. The maximum Gasteiger partial charge on any atom is 0.229 e. The summed E-state index contributed by atoms with van der Waals surface area (Å²) < 4.78 is 26.8. The van der Waals surface area contributed by atoms with Crippen LogP contribution in [0, 0.1) is 0 Å². The van der Waals surface area contributed by atoms with Crippen molar-refractivity contribution in [2.45, 2.75) is 26.3 Å². The lowest BCUT2D eigenvalue weighted by atomic mass is 10.1. The van der Waals surface area contributed by atoms with Crippen LogP contribution in [0.15, 0.2) is 30.6 Å². The molecule has 0 spiro atoms. The predicted octanol–water partition coefficient (Wildman–Crippen LogP) is 1.95. The Kier molecular flexibility index (Phi) is 4.34. The first-order chi connectivity index (χ1) is 11.7. The van der Waals surface area contributed by atoms with Crippen molar-refractivity contribution < 1.29 is 8.42 Å². The molecule has 2 aromatic heterocycles. The van der Waals surface area contributed by atoms with Crippen LogP contribution < -0.4 is 10.5 Å². The molecule has 0 atom stereocenters. The van der Waals surface area contributed by atoms with Gasteiger partial charge in [-0.2, -0.15) is 5.10 Å². The van der Waals surface area contributed by atoms with Crippen molar-refractivity contribution >= 4 is 32.6 Å². The van der Waals surface area contributed by atoms with E-state index in [-0.39, 0.29) is 6.04 Å². The molecule has 2 heterocycles. The van der Waals surface area contributed by atoms with Crippen molar-refractivity contribution in [1.82, 2.24) is 19.7 Å². The van der Waals surface area contributed by atoms with E-state index in [9.17, 15) is 8.42 Å². The van der Waals surface area contributed by atoms with Gasteiger partial charge in [0.25, 0.3) is 0 Å². The van der Waals surface area contributed by atoms with Gasteiger partial charge in [0.2, 0.25) is 10.0 Å². The summed E-state index contributed by atoms with van der Waals surface area (Å²) in [6.45, 7) is 4.06. The molecule has 3 N–H and O–H groups in total. The van der Waals surface area contributed by atoms with E-state index < -0.39 is 10.0 Å². The second kappa shape index (κ2) is 6.32. The first-order valence-electron chi connectivity index (χ1n) is 7.79. The predicted molar refractivity (Wildman–Crippen MR) is 97.8 cm³/mol. The number of nitrogens with one attached hydrogen (secondary N) is 1. The van der Waals surface area contributed by atoms with Crippen molar-refractivity contribution in [3.05, 3.63) is 41.9 Å². The number of hydrogen-bond donors (Lipinski definition) is 2. The molecule has 0 aliphatic heterocycles. The van der Waals surface area contributed by atoms with Crippen molar-refractivity contribution in [3.63, 3.8) is 0 Å². The van der Waals surface area contributed by atoms with Crippen LogP contribution in [0.4, 0.5) is 11.5 Å². The van der Waals surface area contributed by atoms with Gasteiger partial charge >= 0.3 is 0 Å². The van der Waals surface area contributed by atoms with E-state index in [1.54, 1.807) is 12.1 Å². The number of anilines is 2. The third-order valence-electron chi connectivity index (χ3n) is 3.71. The highest BCUT2D eigenvalue weighted by atomic mass is 32.2. The number of fused-ring (bicyclic) bond motifs is 1. The van der Waals surface area contributed by atoms with Gasteiger partial charge in [0.15, 0.2) is 5.65 Å². The lowest BCUT2D eigenvalue weighted by Gasteiger charge is -2.06. The molecule has 1 aromatic carbocycles. The molecular weight excluding hydrogens is 340 g/mol. The Morgan fingerprint density at radius 2 is 1.88 bits per heavy atom. The molecule has 0 aliphatic carbocycles. The first kappa shape index (κ1) is 17.2. The molecule has 0 fully saturated rings. The molecule has 0 aliphatic rings. The van der Waals surface area contributed by atoms with Crippen LogP contribution in [-0.4, -0.2) is 34.4 Å². The van der Waals surface area contributed by atoms with Gasteiger partial charge in [-0.3, -0.25) is 4.72 Å². The van der Waals surface area contributed by atoms with Crippen LogP contribution in [0.5, 0.6) is 0 Å². The minimum absolute atomic E-state index is 0.145. The van der Waals surface area contributed by atoms with Gasteiger partial charge in [-0.25, -0.2) is 23.1 Å². The van der Waals surface area contributed by atoms with Crippen molar-refractivity contribution in [3.8, 4) is 0 Å². The second-order valence-electron chi connectivity index (χ2n) is 6.19. The number of nitrogens with zero attached hydrogens (tertiary/aromatic N) is 4. The van der Waals surface area contributed by atoms with Gasteiger partial charge < -0.3 is 5.73 Å². The van der Waals surface area contributed by atoms with Crippen LogP contribution in [0.2, 0.25) is 0 Å². The van der Waals surface area contributed by atoms with Gasteiger partial charge in [0.1, 0.15) is 12.1 Å². The number of benzene rings is 1. The fraction of sp³-hybridized carbons (Fsp3) is 0.312. The largest absolute Gasteiger partial charge is 0.383 e. The number of aromatic nitrogens is 4. The van der Waals surface area contributed by atoms with Gasteiger partial charge in [-0.1, -0.05) is 12.1 Å². The summed E-state index contributed by atoms with van der Waals surface area (Å²) in [5, 5.41) is 5.41. The molecule has 8 nitrogen and oxygen atoms in total. The first-order valence-corrected chi connectivity index (χ1v) is 9.68. The molecule has 132 valence electrons. The molecule has 0 unspecified atom stereocenters. The van der Waals surface area contributed by atoms with E-state index in [2.05, 4.69) is 19.8 Å². The molecule has 0 amide bonds. The summed E-state index contributed by atoms with van der Waals surface area (Å²) in [5.41, 5.74) is 9.05. The lowest BCUT2D eigenvalue weighted by molar-refractivity contribution is 0.541. The van der Waals surface area contributed by atoms with Gasteiger partial charge in [-0.15, -0.1) is 0 Å². The zero-order valence-corrected chi connectivity index (χ0v) is 15.1. The number of nitrogen functional groups attached to an aromatic ring is 1. The Labute approximate surface area is 146 Å². The summed E-state index contributed by atoms with van der Waals surface area (Å²) in [4.78, 5) is 8.39. The summed E-state index contributed by atoms with van der Waals surface area (Å²) >= 11 is 0. The molecule has 0 radical (unpaired) electrons. The summed E-state index contributed by atoms with van der Waals surface area (Å²) in [6.07, 6.45) is 3.11. The molecule has 3 rings (SSSR count). The Balaban J connectivity index is 1.95. The Hall–Kier alpha value is -2.68. The normalized spacial score (nSPS) is 12.0. The van der Waals surface area contributed by atoms with Crippen LogP contribution in [-0.2, 0) is 16.4 Å². The quantitative estimate of drug-likeness (QED) is 0.718. The molecule has 25 heavy (non-hydrogen) atoms. The number of sulfonamides is 1. The van der Waals surface area contributed by atoms with Crippen molar-refractivity contribution in [1.29, 1.82) is 0 Å². The number of rotatable bonds is 5. The average Bonchev–Trinajstić information content (AvgIpc) is 2.88. The maximum atomic E-state index is 11.3. The van der Waals surface area contributed by atoms with Crippen LogP contribution in [0.3, 0.4) is 0 Å². The molecule has 3 aromatic rings. The zero-order chi connectivity index (χ0) is 18.2. The monoisotopic (exact) mass is 360 g/mol. The fourth-order valence-corrected chi connectivity index (χ4v) is 3.21. The average molecular weight is 360 g/mol. The van der Waals surface area contributed by atoms with Gasteiger partial charge in [0, 0.05) is 18.2 Å². The summed E-state index contributed by atoms with van der Waals surface area (Å²) in [6, 6.07) is 7.30. The third kappa shape index (κ3) is 3.71. The van der Waals surface area contributed by atoms with Crippen LogP contribution in [0.25, 0.3) is 11.0 Å². The highest BCUT2D eigenvalue weighted by molar-refractivity contribution is 7.92. The smallest absolute Gasteiger partial charge is 0.229 e. The van der Waals surface area contributed by atoms with E-state index in [0.29, 0.717) is 23.6 Å². The van der Waals surface area contributed by atoms with Crippen LogP contribution in [0.1, 0.15) is 31.1 Å². The number of hydrogen-bond acceptors (Lipinski definition) is 6. The summed E-state index contributed by atoms with van der Waals surface area (Å²) in [7, 11) is -3.29. The zero-order valence-electron chi connectivity index (χ0n) is 14.3. The molecule has 0 saturated carbocycles. The standard InChI is InChI=1S/C16H20N6O2S/c1-10(2)22-16-14(15(17)18-9-19-16)13(20-22)8-11-4-6-12(7-5-11)21-25(3,23)24/h4-7,9-10,21H,8H2,1-3H3,(H2,17,18,19). The third-order valence-corrected chi connectivity index (χ3v) is 4.32. The van der Waals surface area contributed by atoms with Crippen LogP contribution >= 0.6 is 0 Å². The molecule has 9 heteroatoms. The SMILES string of the molecule is CC(C)n1nc(Cc2ccc(NS(C)(=O)=O)cc2)c2c(N)ncnc21. The Morgan fingerprint density at radius 3 is 2.48 bits per heavy atom. The highest BCUT2D eigenvalue weighted by Gasteiger charge is 2.17. The topological polar surface area (TPSA) is 116 Å². The molecular formula is C16H20N6O2S. The van der Waals surface area contributed by atoms with E-state index in [1.807, 2.05) is 30.7 Å². The minimum atomic E-state index is -3.29. The maximum absolute atomic E-state index is 11.3. The molecule has 0 saturated heterocycles. The molecule has 0 bridgehead atoms. The number of nitrogens with two attached hydrogens (primary N) is 1. The van der Waals surface area contributed by atoms with E-state index in [4.69, 9.17) is 5.73 Å². The fourth-order valence-electron chi connectivity index (χ4n) is 2.65. The Morgan fingerprint density at radius 1 is 1.20 bits per heavy atom. The van der Waals surface area contributed by atoms with E-state index >= 15 is 0 Å². The van der Waals surface area contributed by atoms with Gasteiger partial charge in [-0.05, 0) is 31.5 Å². The minimum Gasteiger partial charge on any atom is -0.383 e. The Bertz CT molecular complexity index is 1010. The summed E-state index contributed by atoms with van der Waals surface area (Å²) in [5.74, 6) is 0.405. The van der Waals surface area contributed by atoms with E-state index in [0.717, 1.165) is 22.9 Å². The second-order valence-corrected chi connectivity index (χ2v) is 7.94.